The molecule has 4 nitrogen and oxygen atoms in total. The molecule has 0 aliphatic heterocycles. The number of nitrogens with zero attached hydrogens (tertiary/aromatic N) is 2. The molecule has 0 aliphatic carbocycles. The maximum absolute atomic E-state index is 10.3. The van der Waals surface area contributed by atoms with E-state index in [1.807, 2.05) is 0 Å². The van der Waals surface area contributed by atoms with Crippen LogP contribution in [0.15, 0.2) is 9.98 Å². The zero-order valence-corrected chi connectivity index (χ0v) is 11.0. The molecule has 0 aliphatic rings. The molecular formula is C13H22N2O2. The predicted octanol–water partition coefficient (Wildman–Crippen LogP) is 3.02. The molecule has 96 valence electrons. The maximum atomic E-state index is 10.3. The van der Waals surface area contributed by atoms with Crippen LogP contribution in [-0.2, 0) is 9.59 Å². The van der Waals surface area contributed by atoms with E-state index in [9.17, 15) is 9.59 Å². The smallest absolute Gasteiger partial charge is 0.211 e. The molecule has 0 N–H and O–H groups in total. The molecule has 0 saturated carbocycles. The highest BCUT2D eigenvalue weighted by atomic mass is 16.1. The van der Waals surface area contributed by atoms with Crippen LogP contribution in [0.25, 0.3) is 0 Å². The molecule has 1 atom stereocenters. The van der Waals surface area contributed by atoms with Crippen molar-refractivity contribution in [2.45, 2.75) is 58.9 Å². The summed E-state index contributed by atoms with van der Waals surface area (Å²) >= 11 is 0. The molecule has 0 saturated heterocycles. The molecule has 0 radical (unpaired) electrons. The number of isocyanates is 2. The summed E-state index contributed by atoms with van der Waals surface area (Å²) in [5.74, 6) is 0. The van der Waals surface area contributed by atoms with Crippen molar-refractivity contribution < 1.29 is 9.59 Å². The molecule has 17 heavy (non-hydrogen) atoms. The first-order valence-electron chi connectivity index (χ1n) is 6.16. The second kappa shape index (κ2) is 8.86. The summed E-state index contributed by atoms with van der Waals surface area (Å²) in [7, 11) is 0. The van der Waals surface area contributed by atoms with Gasteiger partial charge in [-0.25, -0.2) is 19.6 Å². The Morgan fingerprint density at radius 3 is 2.47 bits per heavy atom. The van der Waals surface area contributed by atoms with Crippen molar-refractivity contribution in [3.8, 4) is 0 Å². The number of carbonyl (C=O) groups excluding carboxylic acids is 2. The van der Waals surface area contributed by atoms with Crippen LogP contribution in [0.2, 0.25) is 0 Å². The number of rotatable bonds is 9. The average Bonchev–Trinajstić information content (AvgIpc) is 2.25. The van der Waals surface area contributed by atoms with Gasteiger partial charge in [-0.3, -0.25) is 0 Å². The van der Waals surface area contributed by atoms with Gasteiger partial charge in [0.2, 0.25) is 12.2 Å². The monoisotopic (exact) mass is 238 g/mol. The highest BCUT2D eigenvalue weighted by molar-refractivity contribution is 5.33. The number of aliphatic imine (C=N–C) groups is 2. The Balaban J connectivity index is 4.18. The predicted molar refractivity (Wildman–Crippen MR) is 67.4 cm³/mol. The Morgan fingerprint density at radius 1 is 1.24 bits per heavy atom. The molecule has 0 amide bonds. The second-order valence-corrected chi connectivity index (χ2v) is 5.11. The third-order valence-electron chi connectivity index (χ3n) is 2.83. The first kappa shape index (κ1) is 15.8. The van der Waals surface area contributed by atoms with E-state index in [0.717, 1.165) is 32.1 Å². The summed E-state index contributed by atoms with van der Waals surface area (Å²) in [6, 6.07) is 0.0714. The third kappa shape index (κ3) is 8.56. The van der Waals surface area contributed by atoms with Crippen LogP contribution in [0.3, 0.4) is 0 Å². The van der Waals surface area contributed by atoms with E-state index >= 15 is 0 Å². The number of hydrogen-bond acceptors (Lipinski definition) is 4. The fraction of sp³-hybridized carbons (Fsp3) is 0.846. The van der Waals surface area contributed by atoms with Gasteiger partial charge in [0.15, 0.2) is 0 Å². The molecular weight excluding hydrogens is 216 g/mol. The Morgan fingerprint density at radius 2 is 1.94 bits per heavy atom. The van der Waals surface area contributed by atoms with Crippen molar-refractivity contribution in [3.63, 3.8) is 0 Å². The molecule has 0 fully saturated rings. The molecule has 0 aromatic rings. The van der Waals surface area contributed by atoms with E-state index in [0.29, 0.717) is 6.54 Å². The molecule has 0 heterocycles. The van der Waals surface area contributed by atoms with Gasteiger partial charge in [-0.15, -0.1) is 0 Å². The van der Waals surface area contributed by atoms with Crippen molar-refractivity contribution in [1.82, 2.24) is 0 Å². The van der Waals surface area contributed by atoms with Crippen molar-refractivity contribution in [2.24, 2.45) is 15.4 Å². The van der Waals surface area contributed by atoms with Crippen LogP contribution in [0, 0.1) is 5.41 Å². The Labute approximate surface area is 103 Å². The van der Waals surface area contributed by atoms with E-state index in [2.05, 4.69) is 30.8 Å². The zero-order valence-electron chi connectivity index (χ0n) is 11.0. The Hall–Kier alpha value is -1.24. The molecule has 0 rings (SSSR count). The molecule has 0 aromatic heterocycles. The van der Waals surface area contributed by atoms with Crippen molar-refractivity contribution in [1.29, 1.82) is 0 Å². The van der Waals surface area contributed by atoms with Gasteiger partial charge in [0.05, 0.1) is 12.6 Å². The maximum Gasteiger partial charge on any atom is 0.235 e. The van der Waals surface area contributed by atoms with Gasteiger partial charge in [-0.05, 0) is 31.1 Å². The highest BCUT2D eigenvalue weighted by Crippen LogP contribution is 2.30. The van der Waals surface area contributed by atoms with E-state index < -0.39 is 0 Å². The Bertz CT molecular complexity index is 301. The first-order valence-corrected chi connectivity index (χ1v) is 6.16. The lowest BCUT2D eigenvalue weighted by molar-refractivity contribution is 0.270. The standard InChI is InChI=1S/C13H22N2O2/c1-4-6-12(15-11-17)9-13(2,3)7-5-8-14-10-16/h12H,4-9H2,1-3H3. The zero-order chi connectivity index (χ0) is 13.1. The van der Waals surface area contributed by atoms with Crippen LogP contribution in [0.5, 0.6) is 0 Å². The lowest BCUT2D eigenvalue weighted by atomic mass is 9.81. The van der Waals surface area contributed by atoms with Crippen LogP contribution in [-0.4, -0.2) is 24.7 Å². The number of hydrogen-bond donors (Lipinski definition) is 0. The van der Waals surface area contributed by atoms with Gasteiger partial charge in [0.25, 0.3) is 0 Å². The fourth-order valence-electron chi connectivity index (χ4n) is 2.04. The fourth-order valence-corrected chi connectivity index (χ4v) is 2.04. The van der Waals surface area contributed by atoms with Crippen LogP contribution in [0.1, 0.15) is 52.9 Å². The molecule has 4 heteroatoms. The second-order valence-electron chi connectivity index (χ2n) is 5.11. The highest BCUT2D eigenvalue weighted by Gasteiger charge is 2.22. The van der Waals surface area contributed by atoms with Crippen LogP contribution < -0.4 is 0 Å². The normalized spacial score (nSPS) is 12.4. The Kier molecular flexibility index (Phi) is 8.21. The van der Waals surface area contributed by atoms with Gasteiger partial charge in [-0.1, -0.05) is 27.2 Å². The minimum Gasteiger partial charge on any atom is -0.211 e. The summed E-state index contributed by atoms with van der Waals surface area (Å²) in [4.78, 5) is 27.6. The van der Waals surface area contributed by atoms with Crippen molar-refractivity contribution in [3.05, 3.63) is 0 Å². The largest absolute Gasteiger partial charge is 0.235 e. The minimum absolute atomic E-state index is 0.0714. The molecule has 1 unspecified atom stereocenters. The van der Waals surface area contributed by atoms with E-state index in [1.54, 1.807) is 12.2 Å². The van der Waals surface area contributed by atoms with Gasteiger partial charge >= 0.3 is 0 Å². The summed E-state index contributed by atoms with van der Waals surface area (Å²) in [6.07, 6.45) is 7.84. The van der Waals surface area contributed by atoms with E-state index in [4.69, 9.17) is 0 Å². The van der Waals surface area contributed by atoms with Gasteiger partial charge in [0, 0.05) is 0 Å². The lowest BCUT2D eigenvalue weighted by Crippen LogP contribution is -2.20. The average molecular weight is 238 g/mol. The van der Waals surface area contributed by atoms with Crippen LogP contribution >= 0.6 is 0 Å². The van der Waals surface area contributed by atoms with Gasteiger partial charge in [0.1, 0.15) is 0 Å². The third-order valence-corrected chi connectivity index (χ3v) is 2.83. The molecule has 0 spiro atoms. The van der Waals surface area contributed by atoms with Crippen molar-refractivity contribution >= 4 is 12.2 Å². The van der Waals surface area contributed by atoms with Crippen molar-refractivity contribution in [2.75, 3.05) is 6.54 Å². The minimum atomic E-state index is 0.0714. The van der Waals surface area contributed by atoms with E-state index in [1.165, 1.54) is 0 Å². The summed E-state index contributed by atoms with van der Waals surface area (Å²) in [6.45, 7) is 6.92. The molecule has 0 bridgehead atoms. The SMILES string of the molecule is CCCC(CC(C)(C)CCCN=C=O)N=C=O. The topological polar surface area (TPSA) is 58.9 Å². The lowest BCUT2D eigenvalue weighted by Gasteiger charge is -2.27. The summed E-state index contributed by atoms with van der Waals surface area (Å²) < 4.78 is 0. The summed E-state index contributed by atoms with van der Waals surface area (Å²) in [5, 5.41) is 0. The van der Waals surface area contributed by atoms with Gasteiger partial charge in [-0.2, -0.15) is 0 Å². The molecule has 0 aromatic carbocycles. The van der Waals surface area contributed by atoms with E-state index in [-0.39, 0.29) is 11.5 Å². The summed E-state index contributed by atoms with van der Waals surface area (Å²) in [5.41, 5.74) is 0.110. The first-order chi connectivity index (χ1) is 8.05. The quantitative estimate of drug-likeness (QED) is 0.352. The van der Waals surface area contributed by atoms with Crippen LogP contribution in [0.4, 0.5) is 0 Å². The van der Waals surface area contributed by atoms with Gasteiger partial charge < -0.3 is 0 Å².